The summed E-state index contributed by atoms with van der Waals surface area (Å²) in [6.45, 7) is 0.680. The number of ether oxygens (including phenoxy) is 1. The van der Waals surface area contributed by atoms with Crippen LogP contribution < -0.4 is 5.32 Å². The third kappa shape index (κ3) is 4.23. The Labute approximate surface area is 177 Å². The van der Waals surface area contributed by atoms with Crippen LogP contribution in [-0.2, 0) is 4.74 Å². The number of rotatable bonds is 7. The van der Waals surface area contributed by atoms with Gasteiger partial charge in [-0.25, -0.2) is 9.78 Å². The van der Waals surface area contributed by atoms with Crippen LogP contribution in [0.3, 0.4) is 0 Å². The predicted octanol–water partition coefficient (Wildman–Crippen LogP) is 4.99. The zero-order chi connectivity index (χ0) is 20.9. The summed E-state index contributed by atoms with van der Waals surface area (Å²) in [6, 6.07) is 16.4. The van der Waals surface area contributed by atoms with Crippen LogP contribution in [0.4, 0.5) is 9.80 Å². The Bertz CT molecular complexity index is 1060. The molecule has 2 aromatic carbocycles. The predicted molar refractivity (Wildman–Crippen MR) is 115 cm³/mol. The number of carbonyl (C=O) groups is 1. The Morgan fingerprint density at radius 2 is 1.83 bits per heavy atom. The first-order valence-corrected chi connectivity index (χ1v) is 10.3. The van der Waals surface area contributed by atoms with Crippen LogP contribution in [0.5, 0.6) is 0 Å². The molecule has 3 aromatic rings. The molecule has 1 heterocycles. The van der Waals surface area contributed by atoms with Crippen molar-refractivity contribution < 1.29 is 14.5 Å². The fourth-order valence-corrected chi connectivity index (χ4v) is 4.20. The van der Waals surface area contributed by atoms with Crippen molar-refractivity contribution in [3.05, 3.63) is 87.1 Å². The van der Waals surface area contributed by atoms with E-state index < -0.39 is 11.0 Å². The summed E-state index contributed by atoms with van der Waals surface area (Å²) in [7, 11) is 0. The number of thiazole rings is 1. The van der Waals surface area contributed by atoms with Crippen molar-refractivity contribution >= 4 is 28.5 Å². The number of alkyl carbamates (subject to hydrolysis) is 1. The third-order valence-electron chi connectivity index (χ3n) is 4.88. The van der Waals surface area contributed by atoms with E-state index in [4.69, 9.17) is 4.74 Å². The average Bonchev–Trinajstić information content (AvgIpc) is 3.35. The zero-order valence-corrected chi connectivity index (χ0v) is 16.8. The highest BCUT2D eigenvalue weighted by molar-refractivity contribution is 7.15. The summed E-state index contributed by atoms with van der Waals surface area (Å²) in [5.41, 5.74) is 4.73. The van der Waals surface area contributed by atoms with Crippen molar-refractivity contribution in [2.24, 2.45) is 0 Å². The van der Waals surface area contributed by atoms with E-state index in [2.05, 4.69) is 34.6 Å². The van der Waals surface area contributed by atoms with Gasteiger partial charge in [-0.2, -0.15) is 0 Å². The maximum absolute atomic E-state index is 12.1. The second-order valence-electron chi connectivity index (χ2n) is 6.74. The van der Waals surface area contributed by atoms with Crippen LogP contribution in [0, 0.1) is 10.1 Å². The lowest BCUT2D eigenvalue weighted by molar-refractivity contribution is -0.380. The van der Waals surface area contributed by atoms with Gasteiger partial charge in [0.15, 0.2) is 0 Å². The van der Waals surface area contributed by atoms with Gasteiger partial charge in [0.05, 0.1) is 4.92 Å². The molecule has 1 aliphatic rings. The summed E-state index contributed by atoms with van der Waals surface area (Å²) >= 11 is 1.01. The van der Waals surface area contributed by atoms with E-state index in [0.29, 0.717) is 18.0 Å². The van der Waals surface area contributed by atoms with Crippen molar-refractivity contribution in [2.45, 2.75) is 12.3 Å². The number of aromatic nitrogens is 1. The van der Waals surface area contributed by atoms with Crippen LogP contribution in [-0.4, -0.2) is 29.2 Å². The Morgan fingerprint density at radius 3 is 2.47 bits per heavy atom. The van der Waals surface area contributed by atoms with Gasteiger partial charge in [0.2, 0.25) is 0 Å². The molecule has 1 N–H and O–H groups in total. The van der Waals surface area contributed by atoms with E-state index in [1.807, 2.05) is 30.3 Å². The van der Waals surface area contributed by atoms with Crippen LogP contribution in [0.2, 0.25) is 0 Å². The molecule has 30 heavy (non-hydrogen) atoms. The number of amides is 1. The number of hydrogen-bond donors (Lipinski definition) is 1. The Morgan fingerprint density at radius 1 is 1.17 bits per heavy atom. The van der Waals surface area contributed by atoms with Crippen molar-refractivity contribution in [2.75, 3.05) is 13.2 Å². The van der Waals surface area contributed by atoms with E-state index in [0.717, 1.165) is 11.3 Å². The molecule has 1 aromatic heterocycles. The number of fused-ring (bicyclic) bond motifs is 3. The maximum Gasteiger partial charge on any atom is 0.407 e. The first-order valence-electron chi connectivity index (χ1n) is 9.49. The van der Waals surface area contributed by atoms with Crippen molar-refractivity contribution in [3.8, 4) is 11.1 Å². The first kappa shape index (κ1) is 19.8. The number of hydrogen-bond acceptors (Lipinski definition) is 6. The van der Waals surface area contributed by atoms with Gasteiger partial charge in [-0.3, -0.25) is 10.1 Å². The fourth-order valence-electron chi connectivity index (χ4n) is 3.53. The smallest absolute Gasteiger partial charge is 0.407 e. The van der Waals surface area contributed by atoms with Gasteiger partial charge in [0, 0.05) is 12.5 Å². The molecule has 4 rings (SSSR count). The molecule has 0 radical (unpaired) electrons. The van der Waals surface area contributed by atoms with E-state index in [1.165, 1.54) is 28.5 Å². The van der Waals surface area contributed by atoms with Gasteiger partial charge in [0.25, 0.3) is 0 Å². The number of nitro groups is 1. The zero-order valence-electron chi connectivity index (χ0n) is 16.0. The number of benzene rings is 2. The van der Waals surface area contributed by atoms with E-state index in [-0.39, 0.29) is 17.5 Å². The topological polar surface area (TPSA) is 94.4 Å². The van der Waals surface area contributed by atoms with Crippen LogP contribution in [0.25, 0.3) is 17.2 Å². The van der Waals surface area contributed by atoms with Gasteiger partial charge in [0.1, 0.15) is 17.8 Å². The summed E-state index contributed by atoms with van der Waals surface area (Å²) in [5.74, 6) is 0.0312. The average molecular weight is 421 g/mol. The molecule has 0 saturated heterocycles. The molecule has 0 aliphatic heterocycles. The van der Waals surface area contributed by atoms with Gasteiger partial charge < -0.3 is 10.1 Å². The molecule has 0 unspecified atom stereocenters. The SMILES string of the molecule is O=C(NCCC=Cc1ncc([N+](=O)[O-])s1)OCC1c2ccccc2-c2ccccc21. The number of carbonyl (C=O) groups excluding carboxylic acids is 1. The molecule has 7 nitrogen and oxygen atoms in total. The van der Waals surface area contributed by atoms with Crippen LogP contribution >= 0.6 is 11.3 Å². The van der Waals surface area contributed by atoms with Gasteiger partial charge in [-0.05, 0) is 46.1 Å². The number of nitrogens with one attached hydrogen (secondary N) is 1. The molecule has 1 aliphatic carbocycles. The van der Waals surface area contributed by atoms with Crippen LogP contribution in [0.15, 0.2) is 60.8 Å². The largest absolute Gasteiger partial charge is 0.449 e. The second kappa shape index (κ2) is 8.87. The normalized spacial score (nSPS) is 12.5. The van der Waals surface area contributed by atoms with Crippen LogP contribution in [0.1, 0.15) is 28.5 Å². The van der Waals surface area contributed by atoms with E-state index in [9.17, 15) is 14.9 Å². The van der Waals surface area contributed by atoms with Crippen molar-refractivity contribution in [1.29, 1.82) is 0 Å². The standard InChI is InChI=1S/C22H19N3O4S/c26-22(23-12-6-5-11-20-24-13-21(30-20)25(27)28)29-14-19-17-9-3-1-7-15(17)16-8-2-4-10-18(16)19/h1-5,7-11,13,19H,6,12,14H2,(H,23,26). The second-order valence-corrected chi connectivity index (χ2v) is 7.78. The quantitative estimate of drug-likeness (QED) is 0.329. The lowest BCUT2D eigenvalue weighted by atomic mass is 9.98. The Kier molecular flexibility index (Phi) is 5.85. The van der Waals surface area contributed by atoms with Gasteiger partial charge in [-0.15, -0.1) is 0 Å². The summed E-state index contributed by atoms with van der Waals surface area (Å²) in [5, 5.41) is 13.9. The molecule has 1 amide bonds. The highest BCUT2D eigenvalue weighted by atomic mass is 32.1. The highest BCUT2D eigenvalue weighted by Gasteiger charge is 2.28. The minimum absolute atomic E-state index is 0.00594. The minimum atomic E-state index is -0.465. The Balaban J connectivity index is 1.26. The lowest BCUT2D eigenvalue weighted by Gasteiger charge is -2.14. The van der Waals surface area contributed by atoms with Gasteiger partial charge >= 0.3 is 11.1 Å². The maximum atomic E-state index is 12.1. The fraction of sp³-hybridized carbons (Fsp3) is 0.182. The summed E-state index contributed by atoms with van der Waals surface area (Å²) in [6.07, 6.45) is 4.86. The van der Waals surface area contributed by atoms with E-state index in [1.54, 1.807) is 6.08 Å². The Hall–Kier alpha value is -3.52. The molecule has 0 fully saturated rings. The number of nitrogens with zero attached hydrogens (tertiary/aromatic N) is 2. The molecule has 152 valence electrons. The van der Waals surface area contributed by atoms with Crippen molar-refractivity contribution in [3.63, 3.8) is 0 Å². The molecule has 0 spiro atoms. The lowest BCUT2D eigenvalue weighted by Crippen LogP contribution is -2.26. The first-order chi connectivity index (χ1) is 14.6. The molecule has 0 saturated carbocycles. The third-order valence-corrected chi connectivity index (χ3v) is 5.79. The molecular weight excluding hydrogens is 402 g/mol. The minimum Gasteiger partial charge on any atom is -0.449 e. The van der Waals surface area contributed by atoms with E-state index >= 15 is 0 Å². The summed E-state index contributed by atoms with van der Waals surface area (Å²) in [4.78, 5) is 26.2. The molecule has 0 atom stereocenters. The summed E-state index contributed by atoms with van der Waals surface area (Å²) < 4.78 is 5.47. The highest BCUT2D eigenvalue weighted by Crippen LogP contribution is 2.44. The molecular formula is C22H19N3O4S. The van der Waals surface area contributed by atoms with Gasteiger partial charge in [-0.1, -0.05) is 54.6 Å². The molecule has 0 bridgehead atoms. The molecule has 8 heteroatoms. The monoisotopic (exact) mass is 421 g/mol. The van der Waals surface area contributed by atoms with Crippen molar-refractivity contribution in [1.82, 2.24) is 10.3 Å².